The molecule has 2 amide bonds. The minimum absolute atomic E-state index is 0.00627. The van der Waals surface area contributed by atoms with Gasteiger partial charge in [0.15, 0.2) is 11.0 Å². The van der Waals surface area contributed by atoms with Crippen LogP contribution in [0, 0.1) is 13.8 Å². The van der Waals surface area contributed by atoms with Crippen molar-refractivity contribution in [3.05, 3.63) is 52.8 Å². The van der Waals surface area contributed by atoms with Crippen molar-refractivity contribution in [3.63, 3.8) is 0 Å². The zero-order valence-electron chi connectivity index (χ0n) is 17.3. The number of nitrogens with zero attached hydrogens (tertiary/aromatic N) is 2. The molecule has 0 unspecified atom stereocenters. The Morgan fingerprint density at radius 2 is 1.87 bits per heavy atom. The first-order valence-corrected chi connectivity index (χ1v) is 10.4. The van der Waals surface area contributed by atoms with Crippen molar-refractivity contribution in [2.75, 3.05) is 43.0 Å². The number of likely N-dealkylation sites (N-methyl/N-ethyl adjacent to an activating group) is 1. The molecule has 2 aromatic rings. The van der Waals surface area contributed by atoms with Gasteiger partial charge in [-0.3, -0.25) is 19.8 Å². The first-order chi connectivity index (χ1) is 14.3. The fraction of sp³-hybridized carbons (Fsp3) is 0.318. The highest BCUT2D eigenvalue weighted by Gasteiger charge is 2.35. The number of thiocarbonyl (C=S) groups is 1. The molecule has 1 aromatic heterocycles. The van der Waals surface area contributed by atoms with Crippen molar-refractivity contribution in [2.24, 2.45) is 0 Å². The van der Waals surface area contributed by atoms with Crippen LogP contribution in [-0.4, -0.2) is 50.2 Å². The molecule has 0 spiro atoms. The molecule has 0 atom stereocenters. The highest BCUT2D eigenvalue weighted by atomic mass is 32.1. The van der Waals surface area contributed by atoms with Crippen molar-refractivity contribution in [2.45, 2.75) is 13.8 Å². The zero-order chi connectivity index (χ0) is 21.4. The van der Waals surface area contributed by atoms with Crippen molar-refractivity contribution in [1.29, 1.82) is 0 Å². The Balaban J connectivity index is 1.63. The third kappa shape index (κ3) is 3.76. The molecule has 30 heavy (non-hydrogen) atoms. The van der Waals surface area contributed by atoms with Crippen molar-refractivity contribution < 1.29 is 18.9 Å². The van der Waals surface area contributed by atoms with E-state index in [1.165, 1.54) is 15.9 Å². The van der Waals surface area contributed by atoms with E-state index >= 15 is 0 Å². The summed E-state index contributed by atoms with van der Waals surface area (Å²) < 4.78 is 5.93. The lowest BCUT2D eigenvalue weighted by atomic mass is 10.0. The molecule has 1 aromatic carbocycles. The van der Waals surface area contributed by atoms with Crippen LogP contribution in [0.25, 0.3) is 6.08 Å². The van der Waals surface area contributed by atoms with Gasteiger partial charge in [-0.1, -0.05) is 12.1 Å². The lowest BCUT2D eigenvalue weighted by molar-refractivity contribution is -0.880. The number of anilines is 2. The number of benzene rings is 1. The molecule has 156 valence electrons. The van der Waals surface area contributed by atoms with Gasteiger partial charge in [0.05, 0.1) is 38.9 Å². The number of carbonyl (C=O) groups is 2. The lowest BCUT2D eigenvalue weighted by Gasteiger charge is -2.30. The van der Waals surface area contributed by atoms with Gasteiger partial charge in [0.1, 0.15) is 11.3 Å². The van der Waals surface area contributed by atoms with Gasteiger partial charge in [-0.05, 0) is 55.4 Å². The highest BCUT2D eigenvalue weighted by Crippen LogP contribution is 2.28. The number of hydrogen-bond donors (Lipinski definition) is 2. The van der Waals surface area contributed by atoms with Crippen molar-refractivity contribution in [3.8, 4) is 0 Å². The van der Waals surface area contributed by atoms with Crippen LogP contribution in [-0.2, 0) is 9.59 Å². The fourth-order valence-electron chi connectivity index (χ4n) is 3.69. The maximum Gasteiger partial charge on any atom is 0.270 e. The summed E-state index contributed by atoms with van der Waals surface area (Å²) in [5.41, 5.74) is 2.63. The summed E-state index contributed by atoms with van der Waals surface area (Å²) in [5, 5.41) is 2.70. The number of amides is 2. The van der Waals surface area contributed by atoms with Gasteiger partial charge < -0.3 is 14.2 Å². The minimum atomic E-state index is -0.521. The summed E-state index contributed by atoms with van der Waals surface area (Å²) in [4.78, 5) is 30.8. The van der Waals surface area contributed by atoms with Gasteiger partial charge in [0.25, 0.3) is 11.8 Å². The smallest absolute Gasteiger partial charge is 0.270 e. The first-order valence-electron chi connectivity index (χ1n) is 9.99. The maximum absolute atomic E-state index is 13.2. The number of carbonyl (C=O) groups excluding carboxylic acids is 2. The Bertz CT molecular complexity index is 1050. The van der Waals surface area contributed by atoms with Gasteiger partial charge in [-0.15, -0.1) is 0 Å². The Morgan fingerprint density at radius 1 is 1.13 bits per heavy atom. The van der Waals surface area contributed by atoms with Crippen LogP contribution < -0.4 is 20.0 Å². The molecule has 2 fully saturated rings. The molecule has 2 saturated heterocycles. The third-order valence-electron chi connectivity index (χ3n) is 5.75. The standard InChI is InChI=1S/C22H24N4O3S/c1-14-5-4-6-18(15(14)2)26-21(28)17(20(27)23-22(26)30)13-16-7-8-19(29-16)25-11-9-24(3)10-12-25/h4-8,13H,9-12H2,1-3H3,(H,23,27,30)/p+1/b17-13-. The fourth-order valence-corrected chi connectivity index (χ4v) is 3.97. The van der Waals surface area contributed by atoms with E-state index in [2.05, 4.69) is 17.3 Å². The number of furan rings is 1. The number of aryl methyl sites for hydroxylation is 1. The van der Waals surface area contributed by atoms with E-state index in [0.717, 1.165) is 43.2 Å². The van der Waals surface area contributed by atoms with E-state index in [-0.39, 0.29) is 10.7 Å². The minimum Gasteiger partial charge on any atom is -0.441 e. The molecular weight excluding hydrogens is 400 g/mol. The average Bonchev–Trinajstić information content (AvgIpc) is 3.17. The normalized spacial score (nSPS) is 19.6. The number of nitrogens with one attached hydrogen (secondary N) is 2. The molecule has 2 N–H and O–H groups in total. The highest BCUT2D eigenvalue weighted by molar-refractivity contribution is 7.80. The number of piperazine rings is 1. The molecule has 0 radical (unpaired) electrons. The Morgan fingerprint density at radius 3 is 2.60 bits per heavy atom. The second-order valence-electron chi connectivity index (χ2n) is 7.80. The van der Waals surface area contributed by atoms with Gasteiger partial charge >= 0.3 is 0 Å². The summed E-state index contributed by atoms with van der Waals surface area (Å²) in [6, 6.07) is 9.32. The number of hydrogen-bond acceptors (Lipinski definition) is 5. The van der Waals surface area contributed by atoms with E-state index in [4.69, 9.17) is 16.6 Å². The topological polar surface area (TPSA) is 70.2 Å². The molecule has 3 heterocycles. The number of quaternary nitrogens is 1. The summed E-state index contributed by atoms with van der Waals surface area (Å²) in [5.74, 6) is 0.231. The quantitative estimate of drug-likeness (QED) is 0.437. The Labute approximate surface area is 180 Å². The lowest BCUT2D eigenvalue weighted by Crippen LogP contribution is -3.12. The van der Waals surface area contributed by atoms with Crippen molar-refractivity contribution >= 4 is 46.8 Å². The third-order valence-corrected chi connectivity index (χ3v) is 6.03. The molecule has 2 aliphatic heterocycles. The molecule has 7 nitrogen and oxygen atoms in total. The predicted octanol–water partition coefficient (Wildman–Crippen LogP) is 1.06. The molecular formula is C22H25N4O3S+. The van der Waals surface area contributed by atoms with Gasteiger partial charge in [-0.2, -0.15) is 0 Å². The zero-order valence-corrected chi connectivity index (χ0v) is 18.1. The molecule has 8 heteroatoms. The van der Waals surface area contributed by atoms with Gasteiger partial charge in [0.2, 0.25) is 0 Å². The Hall–Kier alpha value is -2.97. The summed E-state index contributed by atoms with van der Waals surface area (Å²) in [6.07, 6.45) is 1.49. The largest absolute Gasteiger partial charge is 0.441 e. The first kappa shape index (κ1) is 20.3. The van der Waals surface area contributed by atoms with Crippen LogP contribution in [0.1, 0.15) is 16.9 Å². The van der Waals surface area contributed by atoms with Gasteiger partial charge in [-0.25, -0.2) is 0 Å². The van der Waals surface area contributed by atoms with E-state index in [1.54, 1.807) is 6.07 Å². The molecule has 0 saturated carbocycles. The second kappa shape index (κ2) is 8.04. The van der Waals surface area contributed by atoms with Crippen LogP contribution in [0.15, 0.2) is 40.3 Å². The summed E-state index contributed by atoms with van der Waals surface area (Å²) in [7, 11) is 2.18. The number of rotatable bonds is 3. The SMILES string of the molecule is Cc1cccc(N2C(=O)/C(=C\c3ccc(N4CC[NH+](C)CC4)o3)C(=O)NC2=S)c1C. The Kier molecular flexibility index (Phi) is 5.44. The van der Waals surface area contributed by atoms with Crippen LogP contribution in [0.4, 0.5) is 11.6 Å². The molecule has 4 rings (SSSR count). The predicted molar refractivity (Wildman–Crippen MR) is 120 cm³/mol. The van der Waals surface area contributed by atoms with Crippen molar-refractivity contribution in [1.82, 2.24) is 5.32 Å². The van der Waals surface area contributed by atoms with E-state index in [9.17, 15) is 9.59 Å². The molecule has 2 aliphatic rings. The molecule has 0 bridgehead atoms. The average molecular weight is 426 g/mol. The van der Waals surface area contributed by atoms with Crippen LogP contribution in [0.2, 0.25) is 0 Å². The maximum atomic E-state index is 13.2. The summed E-state index contributed by atoms with van der Waals surface area (Å²) >= 11 is 5.30. The monoisotopic (exact) mass is 425 g/mol. The van der Waals surface area contributed by atoms with Crippen LogP contribution in [0.5, 0.6) is 0 Å². The summed E-state index contributed by atoms with van der Waals surface area (Å²) in [6.45, 7) is 7.79. The van der Waals surface area contributed by atoms with E-state index < -0.39 is 11.8 Å². The van der Waals surface area contributed by atoms with Crippen LogP contribution >= 0.6 is 12.2 Å². The van der Waals surface area contributed by atoms with Gasteiger partial charge in [0, 0.05) is 6.07 Å². The van der Waals surface area contributed by atoms with E-state index in [1.807, 2.05) is 38.1 Å². The molecule has 0 aliphatic carbocycles. The van der Waals surface area contributed by atoms with E-state index in [0.29, 0.717) is 11.4 Å². The second-order valence-corrected chi connectivity index (χ2v) is 8.18. The van der Waals surface area contributed by atoms with Crippen LogP contribution in [0.3, 0.4) is 0 Å².